The van der Waals surface area contributed by atoms with E-state index in [4.69, 9.17) is 9.47 Å². The Balaban J connectivity index is 1.95. The summed E-state index contributed by atoms with van der Waals surface area (Å²) in [6, 6.07) is 8.75. The Kier molecular flexibility index (Phi) is 5.18. The molecule has 1 heterocycles. The molecule has 1 aliphatic rings. The van der Waals surface area contributed by atoms with E-state index in [0.717, 1.165) is 22.1 Å². The summed E-state index contributed by atoms with van der Waals surface area (Å²) in [5, 5.41) is 2.91. The Hall–Kier alpha value is -2.54. The Morgan fingerprint density at radius 1 is 1.12 bits per heavy atom. The van der Waals surface area contributed by atoms with Crippen molar-refractivity contribution in [2.75, 3.05) is 31.0 Å². The zero-order valence-electron chi connectivity index (χ0n) is 14.8. The molecule has 0 radical (unpaired) electrons. The minimum Gasteiger partial charge on any atom is -0.493 e. The molecule has 0 spiro atoms. The second-order valence-electron chi connectivity index (χ2n) is 5.91. The number of carbonyl (C=O) groups is 2. The lowest BCUT2D eigenvalue weighted by Crippen LogP contribution is -2.27. The molecular formula is C19H19BrN2O4. The molecule has 136 valence electrons. The number of nitrogens with zero attached hydrogens (tertiary/aromatic N) is 1. The number of halogens is 1. The molecule has 1 aliphatic heterocycles. The first-order chi connectivity index (χ1) is 12.4. The largest absolute Gasteiger partial charge is 0.493 e. The molecular weight excluding hydrogens is 400 g/mol. The van der Waals surface area contributed by atoms with Crippen LogP contribution in [0.3, 0.4) is 0 Å². The highest BCUT2D eigenvalue weighted by molar-refractivity contribution is 9.10. The van der Waals surface area contributed by atoms with Crippen LogP contribution in [0.5, 0.6) is 11.5 Å². The van der Waals surface area contributed by atoms with Crippen molar-refractivity contribution in [1.82, 2.24) is 0 Å². The molecule has 1 N–H and O–H groups in total. The highest BCUT2D eigenvalue weighted by Gasteiger charge is 2.27. The molecule has 26 heavy (non-hydrogen) atoms. The lowest BCUT2D eigenvalue weighted by atomic mass is 10.1. The maximum absolute atomic E-state index is 12.7. The summed E-state index contributed by atoms with van der Waals surface area (Å²) in [6.07, 6.45) is 0.758. The van der Waals surface area contributed by atoms with Gasteiger partial charge >= 0.3 is 0 Å². The molecule has 2 amide bonds. The van der Waals surface area contributed by atoms with E-state index >= 15 is 0 Å². The first-order valence-corrected chi connectivity index (χ1v) is 8.87. The van der Waals surface area contributed by atoms with Crippen molar-refractivity contribution in [3.63, 3.8) is 0 Å². The number of hydrogen-bond acceptors (Lipinski definition) is 4. The van der Waals surface area contributed by atoms with E-state index in [9.17, 15) is 9.59 Å². The van der Waals surface area contributed by atoms with Crippen LogP contribution in [0.2, 0.25) is 0 Å². The van der Waals surface area contributed by atoms with Crippen LogP contribution in [0, 0.1) is 0 Å². The monoisotopic (exact) mass is 418 g/mol. The molecule has 2 aromatic rings. The van der Waals surface area contributed by atoms with Gasteiger partial charge in [-0.2, -0.15) is 0 Å². The highest BCUT2D eigenvalue weighted by atomic mass is 79.9. The van der Waals surface area contributed by atoms with Crippen molar-refractivity contribution in [2.24, 2.45) is 0 Å². The lowest BCUT2D eigenvalue weighted by Gasteiger charge is -2.19. The minimum absolute atomic E-state index is 0.0484. The normalized spacial score (nSPS) is 12.5. The standard InChI is InChI=1S/C19H19BrN2O4/c1-11(23)22-7-6-12-8-14(20)10-15(18(12)22)21-19(24)13-4-5-16(25-2)17(9-13)26-3/h4-5,8-10H,6-7H2,1-3H3,(H,21,24). The molecule has 0 unspecified atom stereocenters. The fraction of sp³-hybridized carbons (Fsp3) is 0.263. The quantitative estimate of drug-likeness (QED) is 0.822. The summed E-state index contributed by atoms with van der Waals surface area (Å²) in [5.41, 5.74) is 2.82. The Bertz CT molecular complexity index is 882. The minimum atomic E-state index is -0.290. The second kappa shape index (κ2) is 7.37. The van der Waals surface area contributed by atoms with E-state index in [1.165, 1.54) is 14.0 Å². The maximum Gasteiger partial charge on any atom is 0.255 e. The van der Waals surface area contributed by atoms with Gasteiger partial charge in [-0.05, 0) is 42.3 Å². The summed E-state index contributed by atoms with van der Waals surface area (Å²) in [7, 11) is 3.06. The number of fused-ring (bicyclic) bond motifs is 1. The third-order valence-electron chi connectivity index (χ3n) is 4.30. The van der Waals surface area contributed by atoms with E-state index in [-0.39, 0.29) is 11.8 Å². The highest BCUT2D eigenvalue weighted by Crippen LogP contribution is 2.39. The van der Waals surface area contributed by atoms with Crippen molar-refractivity contribution in [3.8, 4) is 11.5 Å². The van der Waals surface area contributed by atoms with Crippen LogP contribution < -0.4 is 19.7 Å². The van der Waals surface area contributed by atoms with Gasteiger partial charge in [0.15, 0.2) is 11.5 Å². The number of ether oxygens (including phenoxy) is 2. The van der Waals surface area contributed by atoms with Crippen LogP contribution >= 0.6 is 15.9 Å². The van der Waals surface area contributed by atoms with Crippen LogP contribution in [-0.2, 0) is 11.2 Å². The Labute approximate surface area is 160 Å². The van der Waals surface area contributed by atoms with E-state index in [2.05, 4.69) is 21.2 Å². The Morgan fingerprint density at radius 2 is 1.85 bits per heavy atom. The number of benzene rings is 2. The third kappa shape index (κ3) is 3.39. The Morgan fingerprint density at radius 3 is 2.50 bits per heavy atom. The van der Waals surface area contributed by atoms with Gasteiger partial charge in [-0.25, -0.2) is 0 Å². The zero-order chi connectivity index (χ0) is 18.8. The predicted octanol–water partition coefficient (Wildman–Crippen LogP) is 3.63. The molecule has 0 bridgehead atoms. The van der Waals surface area contributed by atoms with E-state index in [1.54, 1.807) is 36.3 Å². The molecule has 3 rings (SSSR count). The van der Waals surface area contributed by atoms with Gasteiger partial charge in [-0.1, -0.05) is 15.9 Å². The van der Waals surface area contributed by atoms with E-state index in [0.29, 0.717) is 29.3 Å². The summed E-state index contributed by atoms with van der Waals surface area (Å²) >= 11 is 3.47. The number of anilines is 2. The average Bonchev–Trinajstić information content (AvgIpc) is 3.05. The maximum atomic E-state index is 12.7. The SMILES string of the molecule is COc1ccc(C(=O)Nc2cc(Br)cc3c2N(C(C)=O)CC3)cc1OC. The van der Waals surface area contributed by atoms with Crippen LogP contribution in [0.25, 0.3) is 0 Å². The van der Waals surface area contributed by atoms with Crippen LogP contribution in [0.15, 0.2) is 34.8 Å². The number of carbonyl (C=O) groups excluding carboxylic acids is 2. The van der Waals surface area contributed by atoms with Crippen molar-refractivity contribution in [2.45, 2.75) is 13.3 Å². The fourth-order valence-corrected chi connectivity index (χ4v) is 3.60. The molecule has 2 aromatic carbocycles. The number of nitrogens with one attached hydrogen (secondary N) is 1. The van der Waals surface area contributed by atoms with Gasteiger partial charge in [0, 0.05) is 23.5 Å². The molecule has 0 atom stereocenters. The number of hydrogen-bond donors (Lipinski definition) is 1. The first kappa shape index (κ1) is 18.3. The number of rotatable bonds is 4. The zero-order valence-corrected chi connectivity index (χ0v) is 16.3. The number of methoxy groups -OCH3 is 2. The summed E-state index contributed by atoms with van der Waals surface area (Å²) < 4.78 is 11.3. The molecule has 0 saturated heterocycles. The van der Waals surface area contributed by atoms with E-state index < -0.39 is 0 Å². The fourth-order valence-electron chi connectivity index (χ4n) is 3.09. The summed E-state index contributed by atoms with van der Waals surface area (Å²) in [6.45, 7) is 2.14. The van der Waals surface area contributed by atoms with Crippen LogP contribution in [0.1, 0.15) is 22.8 Å². The molecule has 0 aromatic heterocycles. The van der Waals surface area contributed by atoms with Gasteiger partial charge in [-0.15, -0.1) is 0 Å². The number of amides is 2. The summed E-state index contributed by atoms with van der Waals surface area (Å²) in [5.74, 6) is 0.689. The molecule has 0 aliphatic carbocycles. The molecule has 6 nitrogen and oxygen atoms in total. The van der Waals surface area contributed by atoms with Gasteiger partial charge < -0.3 is 19.7 Å². The van der Waals surface area contributed by atoms with Gasteiger partial charge in [0.05, 0.1) is 25.6 Å². The smallest absolute Gasteiger partial charge is 0.255 e. The second-order valence-corrected chi connectivity index (χ2v) is 6.82. The lowest BCUT2D eigenvalue weighted by molar-refractivity contribution is -0.116. The van der Waals surface area contributed by atoms with Gasteiger partial charge in [-0.3, -0.25) is 9.59 Å². The van der Waals surface area contributed by atoms with Gasteiger partial charge in [0.25, 0.3) is 5.91 Å². The van der Waals surface area contributed by atoms with Crippen molar-refractivity contribution < 1.29 is 19.1 Å². The van der Waals surface area contributed by atoms with Crippen molar-refractivity contribution in [1.29, 1.82) is 0 Å². The predicted molar refractivity (Wildman–Crippen MR) is 103 cm³/mol. The van der Waals surface area contributed by atoms with Crippen molar-refractivity contribution >= 4 is 39.1 Å². The van der Waals surface area contributed by atoms with Crippen LogP contribution in [-0.4, -0.2) is 32.6 Å². The topological polar surface area (TPSA) is 67.9 Å². The first-order valence-electron chi connectivity index (χ1n) is 8.08. The van der Waals surface area contributed by atoms with Crippen LogP contribution in [0.4, 0.5) is 11.4 Å². The average molecular weight is 419 g/mol. The molecule has 0 fully saturated rings. The molecule has 7 heteroatoms. The van der Waals surface area contributed by atoms with E-state index in [1.807, 2.05) is 6.07 Å². The van der Waals surface area contributed by atoms with Gasteiger partial charge in [0.1, 0.15) is 0 Å². The third-order valence-corrected chi connectivity index (χ3v) is 4.76. The molecule has 0 saturated carbocycles. The van der Waals surface area contributed by atoms with Gasteiger partial charge in [0.2, 0.25) is 5.91 Å². The van der Waals surface area contributed by atoms with Crippen molar-refractivity contribution in [3.05, 3.63) is 45.9 Å². The summed E-state index contributed by atoms with van der Waals surface area (Å²) in [4.78, 5) is 26.4.